The van der Waals surface area contributed by atoms with Gasteiger partial charge in [0.2, 0.25) is 5.89 Å². The zero-order valence-electron chi connectivity index (χ0n) is 11.5. The summed E-state index contributed by atoms with van der Waals surface area (Å²) in [4.78, 5) is 4.54. The quantitative estimate of drug-likeness (QED) is 0.853. The summed E-state index contributed by atoms with van der Waals surface area (Å²) in [6.07, 6.45) is 3.83. The lowest BCUT2D eigenvalue weighted by molar-refractivity contribution is 0.270. The summed E-state index contributed by atoms with van der Waals surface area (Å²) in [7, 11) is 0. The van der Waals surface area contributed by atoms with Gasteiger partial charge in [-0.3, -0.25) is 0 Å². The summed E-state index contributed by atoms with van der Waals surface area (Å²) in [5.74, 6) is 1.24. The highest BCUT2D eigenvalue weighted by Gasteiger charge is 2.44. The Balaban J connectivity index is 1.90. The fraction of sp³-hybridized carbons (Fsp3) is 0.438. The molecule has 1 unspecified atom stereocenters. The molecule has 4 heteroatoms. The fourth-order valence-electron chi connectivity index (χ4n) is 2.77. The SMILES string of the molecule is CC(C#N)Cc1nc(C2(c3ccccc3)CCC2)no1. The molecule has 20 heavy (non-hydrogen) atoms. The molecule has 0 aliphatic heterocycles. The molecule has 102 valence electrons. The van der Waals surface area contributed by atoms with Gasteiger partial charge in [-0.2, -0.15) is 10.2 Å². The molecular weight excluding hydrogens is 250 g/mol. The van der Waals surface area contributed by atoms with Crippen molar-refractivity contribution >= 4 is 0 Å². The lowest BCUT2D eigenvalue weighted by atomic mass is 9.64. The fourth-order valence-corrected chi connectivity index (χ4v) is 2.77. The van der Waals surface area contributed by atoms with Crippen LogP contribution < -0.4 is 0 Å². The van der Waals surface area contributed by atoms with Crippen molar-refractivity contribution in [2.75, 3.05) is 0 Å². The van der Waals surface area contributed by atoms with Gasteiger partial charge in [0.1, 0.15) is 0 Å². The molecule has 4 nitrogen and oxygen atoms in total. The molecule has 1 atom stereocenters. The van der Waals surface area contributed by atoms with E-state index in [9.17, 15) is 0 Å². The minimum atomic E-state index is -0.0997. The van der Waals surface area contributed by atoms with Crippen LogP contribution in [0.3, 0.4) is 0 Å². The third kappa shape index (κ3) is 2.09. The van der Waals surface area contributed by atoms with Crippen molar-refractivity contribution in [1.29, 1.82) is 5.26 Å². The Kier molecular flexibility index (Phi) is 3.27. The number of benzene rings is 1. The van der Waals surface area contributed by atoms with E-state index in [1.807, 2.05) is 25.1 Å². The van der Waals surface area contributed by atoms with E-state index < -0.39 is 0 Å². The van der Waals surface area contributed by atoms with Gasteiger partial charge >= 0.3 is 0 Å². The van der Waals surface area contributed by atoms with Crippen LogP contribution in [0.4, 0.5) is 0 Å². The molecule has 3 rings (SSSR count). The minimum absolute atomic E-state index is 0.0844. The second-order valence-electron chi connectivity index (χ2n) is 5.55. The largest absolute Gasteiger partial charge is 0.339 e. The third-order valence-electron chi connectivity index (χ3n) is 4.13. The number of hydrogen-bond donors (Lipinski definition) is 0. The lowest BCUT2D eigenvalue weighted by Gasteiger charge is -2.39. The van der Waals surface area contributed by atoms with Gasteiger partial charge in [-0.25, -0.2) is 0 Å². The van der Waals surface area contributed by atoms with E-state index in [0.29, 0.717) is 12.3 Å². The highest BCUT2D eigenvalue weighted by atomic mass is 16.5. The van der Waals surface area contributed by atoms with Crippen molar-refractivity contribution < 1.29 is 4.52 Å². The standard InChI is InChI=1S/C16H17N3O/c1-12(11-17)10-14-18-15(19-20-14)16(8-5-9-16)13-6-3-2-4-7-13/h2-4,6-7,12H,5,8-10H2,1H3. The normalized spacial score (nSPS) is 18.0. The molecule has 0 bridgehead atoms. The number of nitrogens with zero attached hydrogens (tertiary/aromatic N) is 3. The average molecular weight is 267 g/mol. The van der Waals surface area contributed by atoms with Crippen LogP contribution in [-0.2, 0) is 11.8 Å². The number of hydrogen-bond acceptors (Lipinski definition) is 4. The van der Waals surface area contributed by atoms with Crippen LogP contribution in [0.25, 0.3) is 0 Å². The predicted molar refractivity (Wildman–Crippen MR) is 73.9 cm³/mol. The molecular formula is C16H17N3O. The molecule has 0 N–H and O–H groups in total. The lowest BCUT2D eigenvalue weighted by Crippen LogP contribution is -2.36. The van der Waals surface area contributed by atoms with Crippen molar-refractivity contribution in [3.63, 3.8) is 0 Å². The minimum Gasteiger partial charge on any atom is -0.339 e. The summed E-state index contributed by atoms with van der Waals surface area (Å²) in [5.41, 5.74) is 1.17. The molecule has 1 heterocycles. The van der Waals surface area contributed by atoms with E-state index in [2.05, 4.69) is 28.3 Å². The smallest absolute Gasteiger partial charge is 0.227 e. The Labute approximate surface area is 118 Å². The van der Waals surface area contributed by atoms with Crippen molar-refractivity contribution in [2.24, 2.45) is 5.92 Å². The van der Waals surface area contributed by atoms with Crippen LogP contribution in [0.15, 0.2) is 34.9 Å². The van der Waals surface area contributed by atoms with Gasteiger partial charge < -0.3 is 4.52 Å². The van der Waals surface area contributed by atoms with Gasteiger partial charge in [0.15, 0.2) is 5.82 Å². The Bertz CT molecular complexity index is 623. The second-order valence-corrected chi connectivity index (χ2v) is 5.55. The van der Waals surface area contributed by atoms with Crippen LogP contribution in [-0.4, -0.2) is 10.1 Å². The molecule has 0 saturated heterocycles. The van der Waals surface area contributed by atoms with E-state index >= 15 is 0 Å². The maximum absolute atomic E-state index is 8.86. The Morgan fingerprint density at radius 2 is 2.10 bits per heavy atom. The van der Waals surface area contributed by atoms with Crippen LogP contribution in [0.1, 0.15) is 43.5 Å². The number of aromatic nitrogens is 2. The predicted octanol–water partition coefficient (Wildman–Crippen LogP) is 3.24. The van der Waals surface area contributed by atoms with Crippen molar-refractivity contribution in [3.8, 4) is 6.07 Å². The van der Waals surface area contributed by atoms with E-state index in [4.69, 9.17) is 9.78 Å². The molecule has 2 aromatic rings. The van der Waals surface area contributed by atoms with E-state index in [0.717, 1.165) is 18.7 Å². The summed E-state index contributed by atoms with van der Waals surface area (Å²) >= 11 is 0. The highest BCUT2D eigenvalue weighted by molar-refractivity contribution is 5.35. The molecule has 0 amide bonds. The zero-order chi connectivity index (χ0) is 14.0. The van der Waals surface area contributed by atoms with Gasteiger partial charge in [0.05, 0.1) is 17.4 Å². The first-order valence-corrected chi connectivity index (χ1v) is 7.03. The third-order valence-corrected chi connectivity index (χ3v) is 4.13. The molecule has 0 spiro atoms. The summed E-state index contributed by atoms with van der Waals surface area (Å²) < 4.78 is 5.33. The van der Waals surface area contributed by atoms with E-state index in [1.54, 1.807) is 0 Å². The van der Waals surface area contributed by atoms with Crippen molar-refractivity contribution in [1.82, 2.24) is 10.1 Å². The summed E-state index contributed by atoms with van der Waals surface area (Å²) in [6, 6.07) is 12.6. The molecule has 1 fully saturated rings. The van der Waals surface area contributed by atoms with Crippen LogP contribution in [0, 0.1) is 17.2 Å². The van der Waals surface area contributed by atoms with Gasteiger partial charge in [0.25, 0.3) is 0 Å². The second kappa shape index (κ2) is 5.09. The van der Waals surface area contributed by atoms with Gasteiger partial charge in [0, 0.05) is 6.42 Å². The number of rotatable bonds is 4. The molecule has 1 saturated carbocycles. The Morgan fingerprint density at radius 1 is 1.35 bits per heavy atom. The molecule has 0 radical (unpaired) electrons. The van der Waals surface area contributed by atoms with Crippen molar-refractivity contribution in [3.05, 3.63) is 47.6 Å². The summed E-state index contributed by atoms with van der Waals surface area (Å²) in [5, 5.41) is 13.0. The maximum atomic E-state index is 8.86. The van der Waals surface area contributed by atoms with Crippen LogP contribution in [0.2, 0.25) is 0 Å². The van der Waals surface area contributed by atoms with Crippen LogP contribution >= 0.6 is 0 Å². The topological polar surface area (TPSA) is 62.7 Å². The molecule has 1 aliphatic rings. The first-order chi connectivity index (χ1) is 9.74. The zero-order valence-corrected chi connectivity index (χ0v) is 11.5. The van der Waals surface area contributed by atoms with Crippen LogP contribution in [0.5, 0.6) is 0 Å². The Morgan fingerprint density at radius 3 is 2.70 bits per heavy atom. The van der Waals surface area contributed by atoms with Crippen molar-refractivity contribution in [2.45, 2.75) is 38.0 Å². The maximum Gasteiger partial charge on any atom is 0.227 e. The monoisotopic (exact) mass is 267 g/mol. The van der Waals surface area contributed by atoms with E-state index in [-0.39, 0.29) is 11.3 Å². The number of nitriles is 1. The molecule has 1 aliphatic carbocycles. The van der Waals surface area contributed by atoms with Gasteiger partial charge in [-0.1, -0.05) is 41.9 Å². The Hall–Kier alpha value is -2.15. The first kappa shape index (κ1) is 12.9. The highest BCUT2D eigenvalue weighted by Crippen LogP contribution is 2.47. The van der Waals surface area contributed by atoms with E-state index in [1.165, 1.54) is 12.0 Å². The van der Waals surface area contributed by atoms with Gasteiger partial charge in [-0.15, -0.1) is 0 Å². The summed E-state index contributed by atoms with van der Waals surface area (Å²) in [6.45, 7) is 1.86. The molecule has 1 aromatic carbocycles. The van der Waals surface area contributed by atoms with Gasteiger partial charge in [-0.05, 0) is 25.3 Å². The average Bonchev–Trinajstić information content (AvgIpc) is 2.87. The first-order valence-electron chi connectivity index (χ1n) is 7.03. The molecule has 1 aromatic heterocycles.